The van der Waals surface area contributed by atoms with E-state index < -0.39 is 5.91 Å². The Morgan fingerprint density at radius 1 is 1.10 bits per heavy atom. The molecular weight excluding hydrogens is 431 g/mol. The van der Waals surface area contributed by atoms with Gasteiger partial charge in [0.05, 0.1) is 7.11 Å². The van der Waals surface area contributed by atoms with Crippen LogP contribution in [0.2, 0.25) is 10.0 Å². The second-order valence-electron chi connectivity index (χ2n) is 5.87. The van der Waals surface area contributed by atoms with Crippen LogP contribution in [0.25, 0.3) is 17.4 Å². The van der Waals surface area contributed by atoms with E-state index in [9.17, 15) is 4.79 Å². The van der Waals surface area contributed by atoms with Crippen LogP contribution < -0.4 is 15.4 Å². The molecule has 0 aliphatic heterocycles. The molecule has 0 atom stereocenters. The number of thiocarbonyl (C=S) groups is 1. The Hall–Kier alpha value is -2.80. The number of amides is 1. The lowest BCUT2D eigenvalue weighted by Crippen LogP contribution is -2.32. The fraction of sp³-hybridized carbons (Fsp3) is 0.0476. The van der Waals surface area contributed by atoms with Crippen LogP contribution >= 0.6 is 35.4 Å². The van der Waals surface area contributed by atoms with Gasteiger partial charge in [0.1, 0.15) is 17.3 Å². The van der Waals surface area contributed by atoms with Gasteiger partial charge in [-0.3, -0.25) is 10.1 Å². The smallest absolute Gasteiger partial charge is 0.250 e. The average molecular weight is 447 g/mol. The quantitative estimate of drug-likeness (QED) is 0.383. The van der Waals surface area contributed by atoms with Crippen molar-refractivity contribution < 1.29 is 13.9 Å². The highest BCUT2D eigenvalue weighted by atomic mass is 35.5. The van der Waals surface area contributed by atoms with Crippen molar-refractivity contribution in [2.45, 2.75) is 0 Å². The fourth-order valence-corrected chi connectivity index (χ4v) is 3.21. The van der Waals surface area contributed by atoms with Gasteiger partial charge in [-0.2, -0.15) is 0 Å². The number of hydrogen-bond donors (Lipinski definition) is 2. The Morgan fingerprint density at radius 3 is 2.59 bits per heavy atom. The van der Waals surface area contributed by atoms with Crippen molar-refractivity contribution in [2.24, 2.45) is 0 Å². The van der Waals surface area contributed by atoms with Crippen molar-refractivity contribution in [1.29, 1.82) is 0 Å². The van der Waals surface area contributed by atoms with Crippen molar-refractivity contribution in [3.8, 4) is 17.1 Å². The number of carbonyl (C=O) groups excluding carboxylic acids is 1. The molecule has 0 aliphatic rings. The number of benzene rings is 2. The van der Waals surface area contributed by atoms with Crippen LogP contribution in [0.3, 0.4) is 0 Å². The van der Waals surface area contributed by atoms with Crippen molar-refractivity contribution in [3.63, 3.8) is 0 Å². The van der Waals surface area contributed by atoms with Gasteiger partial charge < -0.3 is 14.5 Å². The first-order valence-corrected chi connectivity index (χ1v) is 9.60. The minimum Gasteiger partial charge on any atom is -0.497 e. The topological polar surface area (TPSA) is 63.5 Å². The lowest BCUT2D eigenvalue weighted by Gasteiger charge is -2.09. The van der Waals surface area contributed by atoms with Gasteiger partial charge in [0, 0.05) is 33.4 Å². The van der Waals surface area contributed by atoms with Gasteiger partial charge >= 0.3 is 0 Å². The molecule has 0 aliphatic carbocycles. The molecular formula is C21H16Cl2N2O3S. The summed E-state index contributed by atoms with van der Waals surface area (Å²) < 4.78 is 10.9. The van der Waals surface area contributed by atoms with Gasteiger partial charge in [0.15, 0.2) is 5.11 Å². The molecule has 0 fully saturated rings. The number of carbonyl (C=O) groups is 1. The summed E-state index contributed by atoms with van der Waals surface area (Å²) in [6.45, 7) is 0. The van der Waals surface area contributed by atoms with Crippen molar-refractivity contribution in [2.75, 3.05) is 12.4 Å². The van der Waals surface area contributed by atoms with Crippen LogP contribution in [0.4, 0.5) is 5.69 Å². The number of methoxy groups -OCH3 is 1. The third-order valence-corrected chi connectivity index (χ3v) is 4.38. The molecule has 8 heteroatoms. The number of hydrogen-bond acceptors (Lipinski definition) is 4. The number of anilines is 1. The Bertz CT molecular complexity index is 1060. The minimum absolute atomic E-state index is 0.168. The third kappa shape index (κ3) is 6.09. The molecule has 1 amide bonds. The van der Waals surface area contributed by atoms with Gasteiger partial charge in [-0.25, -0.2) is 0 Å². The molecule has 0 radical (unpaired) electrons. The molecule has 1 heterocycles. The summed E-state index contributed by atoms with van der Waals surface area (Å²) >= 11 is 17.2. The van der Waals surface area contributed by atoms with Crippen LogP contribution in [0.5, 0.6) is 5.75 Å². The predicted molar refractivity (Wildman–Crippen MR) is 121 cm³/mol. The van der Waals surface area contributed by atoms with E-state index in [1.807, 2.05) is 18.2 Å². The van der Waals surface area contributed by atoms with Gasteiger partial charge in [0.25, 0.3) is 0 Å². The zero-order chi connectivity index (χ0) is 20.8. The number of halogens is 2. The Kier molecular flexibility index (Phi) is 6.93. The maximum atomic E-state index is 12.1. The first-order chi connectivity index (χ1) is 13.9. The molecule has 29 heavy (non-hydrogen) atoms. The van der Waals surface area contributed by atoms with Crippen molar-refractivity contribution in [3.05, 3.63) is 76.5 Å². The fourth-order valence-electron chi connectivity index (χ4n) is 2.47. The van der Waals surface area contributed by atoms with Crippen LogP contribution in [0.1, 0.15) is 5.76 Å². The van der Waals surface area contributed by atoms with E-state index >= 15 is 0 Å². The van der Waals surface area contributed by atoms with Crippen LogP contribution in [0, 0.1) is 0 Å². The molecule has 5 nitrogen and oxygen atoms in total. The number of nitrogens with one attached hydrogen (secondary N) is 2. The Labute approximate surface area is 183 Å². The van der Waals surface area contributed by atoms with E-state index in [0.29, 0.717) is 33.0 Å². The normalized spacial score (nSPS) is 10.7. The molecule has 0 saturated carbocycles. The molecule has 148 valence electrons. The van der Waals surface area contributed by atoms with Crippen LogP contribution in [0.15, 0.2) is 65.1 Å². The number of ether oxygens (including phenoxy) is 1. The standard InChI is InChI=1S/C21H16Cl2N2O3S/c1-27-18-4-2-3-16(12-18)24-21(29)25-20(26)8-6-17-5-7-19(28-17)13-9-14(22)11-15(23)10-13/h2-12H,1H3,(H2,24,25,26,29)/b8-6+. The summed E-state index contributed by atoms with van der Waals surface area (Å²) in [7, 11) is 1.57. The van der Waals surface area contributed by atoms with E-state index in [1.165, 1.54) is 6.08 Å². The summed E-state index contributed by atoms with van der Waals surface area (Å²) in [5.74, 6) is 1.37. The molecule has 2 N–H and O–H groups in total. The second kappa shape index (κ2) is 9.60. The predicted octanol–water partition coefficient (Wildman–Crippen LogP) is 5.79. The van der Waals surface area contributed by atoms with E-state index in [0.717, 1.165) is 5.56 Å². The molecule has 3 rings (SSSR count). The highest BCUT2D eigenvalue weighted by Crippen LogP contribution is 2.28. The summed E-state index contributed by atoms with van der Waals surface area (Å²) in [4.78, 5) is 12.1. The van der Waals surface area contributed by atoms with Crippen LogP contribution in [-0.4, -0.2) is 18.1 Å². The highest BCUT2D eigenvalue weighted by Gasteiger charge is 2.07. The van der Waals surface area contributed by atoms with Gasteiger partial charge in [-0.1, -0.05) is 29.3 Å². The van der Waals surface area contributed by atoms with Gasteiger partial charge in [-0.05, 0) is 60.8 Å². The average Bonchev–Trinajstić information content (AvgIpc) is 3.15. The highest BCUT2D eigenvalue weighted by molar-refractivity contribution is 7.80. The van der Waals surface area contributed by atoms with E-state index in [2.05, 4.69) is 10.6 Å². The molecule has 0 bridgehead atoms. The zero-order valence-corrected chi connectivity index (χ0v) is 17.6. The lowest BCUT2D eigenvalue weighted by atomic mass is 10.2. The summed E-state index contributed by atoms with van der Waals surface area (Å²) in [5.41, 5.74) is 1.45. The maximum Gasteiger partial charge on any atom is 0.250 e. The molecule has 0 spiro atoms. The van der Waals surface area contributed by atoms with Crippen molar-refractivity contribution in [1.82, 2.24) is 5.32 Å². The minimum atomic E-state index is -0.394. The monoisotopic (exact) mass is 446 g/mol. The molecule has 0 unspecified atom stereocenters. The van der Waals surface area contributed by atoms with Crippen LogP contribution in [-0.2, 0) is 4.79 Å². The zero-order valence-electron chi connectivity index (χ0n) is 15.2. The van der Waals surface area contributed by atoms with Gasteiger partial charge in [-0.15, -0.1) is 0 Å². The second-order valence-corrected chi connectivity index (χ2v) is 7.15. The SMILES string of the molecule is COc1cccc(NC(=S)NC(=O)/C=C/c2ccc(-c3cc(Cl)cc(Cl)c3)o2)c1. The number of rotatable bonds is 5. The maximum absolute atomic E-state index is 12.1. The van der Waals surface area contributed by atoms with Crippen molar-refractivity contribution >= 4 is 58.2 Å². The Morgan fingerprint density at radius 2 is 1.86 bits per heavy atom. The first-order valence-electron chi connectivity index (χ1n) is 8.43. The van der Waals surface area contributed by atoms with Gasteiger partial charge in [0.2, 0.25) is 5.91 Å². The molecule has 0 saturated heterocycles. The van der Waals surface area contributed by atoms with E-state index in [4.69, 9.17) is 44.6 Å². The summed E-state index contributed by atoms with van der Waals surface area (Å²) in [6, 6.07) is 15.8. The molecule has 3 aromatic rings. The first kappa shape index (κ1) is 20.9. The summed E-state index contributed by atoms with van der Waals surface area (Å²) in [6.07, 6.45) is 2.87. The lowest BCUT2D eigenvalue weighted by molar-refractivity contribution is -0.115. The summed E-state index contributed by atoms with van der Waals surface area (Å²) in [5, 5.41) is 6.68. The largest absolute Gasteiger partial charge is 0.497 e. The molecule has 1 aromatic heterocycles. The number of furan rings is 1. The Balaban J connectivity index is 1.59. The van der Waals surface area contributed by atoms with E-state index in [-0.39, 0.29) is 5.11 Å². The van der Waals surface area contributed by atoms with E-state index in [1.54, 1.807) is 49.6 Å². The third-order valence-electron chi connectivity index (χ3n) is 3.74. The molecule has 2 aromatic carbocycles.